The second-order valence-electron chi connectivity index (χ2n) is 4.90. The van der Waals surface area contributed by atoms with Gasteiger partial charge in [-0.15, -0.1) is 0 Å². The third kappa shape index (κ3) is 3.34. The third-order valence-electron chi connectivity index (χ3n) is 3.74. The van der Waals surface area contributed by atoms with Crippen LogP contribution in [0.15, 0.2) is 18.2 Å². The highest BCUT2D eigenvalue weighted by Gasteiger charge is 2.13. The molecule has 1 aromatic carbocycles. The van der Waals surface area contributed by atoms with Crippen molar-refractivity contribution in [1.82, 2.24) is 14.5 Å². The molecular formula is C16H22N4O. The Morgan fingerprint density at radius 2 is 2.10 bits per heavy atom. The fraction of sp³-hybridized carbons (Fsp3) is 0.500. The molecular weight excluding hydrogens is 264 g/mol. The lowest BCUT2D eigenvalue weighted by molar-refractivity contribution is 0.284. The summed E-state index contributed by atoms with van der Waals surface area (Å²) in [6.45, 7) is 7.75. The predicted octanol–water partition coefficient (Wildman–Crippen LogP) is 2.80. The first-order chi connectivity index (χ1) is 10.2. The molecule has 0 aliphatic rings. The number of aromatic nitrogens is 2. The summed E-state index contributed by atoms with van der Waals surface area (Å²) in [5.74, 6) is 1.82. The summed E-state index contributed by atoms with van der Waals surface area (Å²) in [7, 11) is 1.66. The number of fused-ring (bicyclic) bond motifs is 1. The Morgan fingerprint density at radius 3 is 2.71 bits per heavy atom. The van der Waals surface area contributed by atoms with Crippen LogP contribution in [0.5, 0.6) is 5.75 Å². The molecule has 0 unspecified atom stereocenters. The number of nitrogens with zero attached hydrogens (tertiary/aromatic N) is 4. The molecule has 1 aromatic heterocycles. The van der Waals surface area contributed by atoms with E-state index in [0.29, 0.717) is 13.0 Å². The third-order valence-corrected chi connectivity index (χ3v) is 3.74. The molecule has 0 saturated heterocycles. The lowest BCUT2D eigenvalue weighted by Gasteiger charge is -2.18. The molecule has 0 aliphatic heterocycles. The molecule has 0 amide bonds. The smallest absolute Gasteiger partial charge is 0.124 e. The summed E-state index contributed by atoms with van der Waals surface area (Å²) in [5, 5.41) is 8.87. The van der Waals surface area contributed by atoms with Gasteiger partial charge in [0.1, 0.15) is 11.6 Å². The van der Waals surface area contributed by atoms with Crippen LogP contribution in [0.3, 0.4) is 0 Å². The van der Waals surface area contributed by atoms with Crippen molar-refractivity contribution in [2.75, 3.05) is 20.2 Å². The first-order valence-electron chi connectivity index (χ1n) is 7.35. The Hall–Kier alpha value is -2.06. The van der Waals surface area contributed by atoms with E-state index in [2.05, 4.69) is 29.4 Å². The Morgan fingerprint density at radius 1 is 1.33 bits per heavy atom. The number of hydrogen-bond acceptors (Lipinski definition) is 4. The van der Waals surface area contributed by atoms with Crippen LogP contribution in [0.1, 0.15) is 26.1 Å². The van der Waals surface area contributed by atoms with Crippen LogP contribution in [-0.2, 0) is 13.1 Å². The lowest BCUT2D eigenvalue weighted by atomic mass is 10.3. The number of methoxy groups -OCH3 is 1. The summed E-state index contributed by atoms with van der Waals surface area (Å²) in [6, 6.07) is 8.12. The van der Waals surface area contributed by atoms with Gasteiger partial charge in [0.25, 0.3) is 0 Å². The Labute approximate surface area is 125 Å². The summed E-state index contributed by atoms with van der Waals surface area (Å²) >= 11 is 0. The maximum absolute atomic E-state index is 8.87. The molecule has 112 valence electrons. The highest BCUT2D eigenvalue weighted by Crippen LogP contribution is 2.23. The van der Waals surface area contributed by atoms with Gasteiger partial charge in [-0.05, 0) is 25.2 Å². The van der Waals surface area contributed by atoms with E-state index in [1.165, 1.54) is 0 Å². The van der Waals surface area contributed by atoms with Crippen molar-refractivity contribution in [3.05, 3.63) is 24.0 Å². The van der Waals surface area contributed by atoms with Crippen LogP contribution in [0, 0.1) is 11.3 Å². The van der Waals surface area contributed by atoms with Gasteiger partial charge in [0.2, 0.25) is 0 Å². The van der Waals surface area contributed by atoms with Gasteiger partial charge < -0.3 is 9.30 Å². The van der Waals surface area contributed by atoms with Crippen molar-refractivity contribution in [2.45, 2.75) is 33.4 Å². The number of rotatable bonds is 7. The molecule has 5 heteroatoms. The van der Waals surface area contributed by atoms with Crippen LogP contribution < -0.4 is 4.74 Å². The van der Waals surface area contributed by atoms with Gasteiger partial charge in [0, 0.05) is 12.6 Å². The maximum Gasteiger partial charge on any atom is 0.124 e. The molecule has 0 spiro atoms. The minimum atomic E-state index is 0.489. The second-order valence-corrected chi connectivity index (χ2v) is 4.90. The van der Waals surface area contributed by atoms with Crippen LogP contribution in [0.4, 0.5) is 0 Å². The first-order valence-corrected chi connectivity index (χ1v) is 7.35. The van der Waals surface area contributed by atoms with Gasteiger partial charge in [0.05, 0.1) is 37.2 Å². The molecule has 2 aromatic rings. The quantitative estimate of drug-likeness (QED) is 0.785. The molecule has 21 heavy (non-hydrogen) atoms. The summed E-state index contributed by atoms with van der Waals surface area (Å²) < 4.78 is 7.41. The molecule has 0 aliphatic carbocycles. The topological polar surface area (TPSA) is 54.1 Å². The van der Waals surface area contributed by atoms with E-state index in [0.717, 1.165) is 42.2 Å². The summed E-state index contributed by atoms with van der Waals surface area (Å²) in [5.41, 5.74) is 1.99. The molecule has 5 nitrogen and oxygen atoms in total. The van der Waals surface area contributed by atoms with Crippen molar-refractivity contribution >= 4 is 11.0 Å². The average molecular weight is 286 g/mol. The molecule has 0 bridgehead atoms. The maximum atomic E-state index is 8.87. The van der Waals surface area contributed by atoms with E-state index in [1.807, 2.05) is 18.2 Å². The number of imidazole rings is 1. The molecule has 2 rings (SSSR count). The van der Waals surface area contributed by atoms with Gasteiger partial charge in [-0.1, -0.05) is 13.8 Å². The molecule has 0 saturated carbocycles. The van der Waals surface area contributed by atoms with Gasteiger partial charge >= 0.3 is 0 Å². The average Bonchev–Trinajstić information content (AvgIpc) is 2.86. The van der Waals surface area contributed by atoms with Crippen LogP contribution in [0.2, 0.25) is 0 Å². The Balaban J connectivity index is 2.43. The number of aryl methyl sites for hydroxylation is 1. The first kappa shape index (κ1) is 15.3. The highest BCUT2D eigenvalue weighted by molar-refractivity contribution is 5.77. The molecule has 0 atom stereocenters. The molecule has 1 heterocycles. The van der Waals surface area contributed by atoms with Gasteiger partial charge in [-0.25, -0.2) is 4.98 Å². The molecule has 0 fully saturated rings. The van der Waals surface area contributed by atoms with Crippen molar-refractivity contribution < 1.29 is 4.74 Å². The van der Waals surface area contributed by atoms with Crippen molar-refractivity contribution in [3.8, 4) is 11.8 Å². The summed E-state index contributed by atoms with van der Waals surface area (Å²) in [6.07, 6.45) is 0.489. The van der Waals surface area contributed by atoms with E-state index in [1.54, 1.807) is 7.11 Å². The fourth-order valence-electron chi connectivity index (χ4n) is 2.47. The zero-order chi connectivity index (χ0) is 15.2. The lowest BCUT2D eigenvalue weighted by Crippen LogP contribution is -2.24. The second kappa shape index (κ2) is 7.09. The van der Waals surface area contributed by atoms with Crippen molar-refractivity contribution in [2.24, 2.45) is 0 Å². The normalized spacial score (nSPS) is 11.0. The Bertz CT molecular complexity index is 637. The Kier molecular flexibility index (Phi) is 5.18. The number of nitriles is 1. The standard InChI is InChI=1S/C16H22N4O/c1-4-19(5-2)12-16-18-14-11-13(21-3)7-8-15(14)20(16)10-6-9-17/h7-8,11H,4-6,10,12H2,1-3H3. The number of benzene rings is 1. The van der Waals surface area contributed by atoms with Gasteiger partial charge in [-0.3, -0.25) is 4.90 Å². The van der Waals surface area contributed by atoms with Crippen molar-refractivity contribution in [1.29, 1.82) is 5.26 Å². The fourth-order valence-corrected chi connectivity index (χ4v) is 2.47. The van der Waals surface area contributed by atoms with E-state index >= 15 is 0 Å². The van der Waals surface area contributed by atoms with E-state index in [9.17, 15) is 0 Å². The predicted molar refractivity (Wildman–Crippen MR) is 83.1 cm³/mol. The minimum absolute atomic E-state index is 0.489. The molecule has 0 N–H and O–H groups in total. The van der Waals surface area contributed by atoms with Crippen molar-refractivity contribution in [3.63, 3.8) is 0 Å². The number of ether oxygens (including phenoxy) is 1. The zero-order valence-electron chi connectivity index (χ0n) is 13.0. The molecule has 0 radical (unpaired) electrons. The van der Waals surface area contributed by atoms with E-state index in [4.69, 9.17) is 15.0 Å². The largest absolute Gasteiger partial charge is 0.497 e. The van der Waals surface area contributed by atoms with Crippen LogP contribution in [0.25, 0.3) is 11.0 Å². The summed E-state index contributed by atoms with van der Waals surface area (Å²) in [4.78, 5) is 7.06. The van der Waals surface area contributed by atoms with Crippen LogP contribution in [-0.4, -0.2) is 34.7 Å². The van der Waals surface area contributed by atoms with E-state index in [-0.39, 0.29) is 0 Å². The SMILES string of the molecule is CCN(CC)Cc1nc2cc(OC)ccc2n1CCC#N. The van der Waals surface area contributed by atoms with Crippen LogP contribution >= 0.6 is 0 Å². The van der Waals surface area contributed by atoms with Gasteiger partial charge in [-0.2, -0.15) is 5.26 Å². The monoisotopic (exact) mass is 286 g/mol. The van der Waals surface area contributed by atoms with E-state index < -0.39 is 0 Å². The highest BCUT2D eigenvalue weighted by atomic mass is 16.5. The van der Waals surface area contributed by atoms with Gasteiger partial charge in [0.15, 0.2) is 0 Å². The zero-order valence-corrected chi connectivity index (χ0v) is 13.0. The number of hydrogen-bond donors (Lipinski definition) is 0. The minimum Gasteiger partial charge on any atom is -0.497 e.